The number of para-hydroxylation sites is 1. The second kappa shape index (κ2) is 6.86. The molecule has 0 spiro atoms. The first kappa shape index (κ1) is 18.0. The summed E-state index contributed by atoms with van der Waals surface area (Å²) < 4.78 is 0. The quantitative estimate of drug-likeness (QED) is 0.868. The summed E-state index contributed by atoms with van der Waals surface area (Å²) >= 11 is 0. The van der Waals surface area contributed by atoms with Crippen LogP contribution in [0, 0.1) is 5.92 Å². The number of hydrogen-bond donors (Lipinski definition) is 2. The lowest BCUT2D eigenvalue weighted by Gasteiger charge is -2.21. The molecule has 1 aromatic carbocycles. The lowest BCUT2D eigenvalue weighted by atomic mass is 9.89. The van der Waals surface area contributed by atoms with E-state index in [0.29, 0.717) is 23.6 Å². The van der Waals surface area contributed by atoms with Crippen molar-refractivity contribution in [2.45, 2.75) is 39.7 Å². The Labute approximate surface area is 153 Å². The molecule has 1 aromatic heterocycles. The van der Waals surface area contributed by atoms with Gasteiger partial charge >= 0.3 is 0 Å². The average molecular weight is 352 g/mol. The van der Waals surface area contributed by atoms with E-state index in [4.69, 9.17) is 0 Å². The lowest BCUT2D eigenvalue weighted by Crippen LogP contribution is -2.41. The molecular formula is C20H24N4O2. The van der Waals surface area contributed by atoms with Crippen LogP contribution in [0.1, 0.15) is 50.2 Å². The number of nitrogens with zero attached hydrogens (tertiary/aromatic N) is 2. The van der Waals surface area contributed by atoms with E-state index in [1.807, 2.05) is 51.1 Å². The Kier molecular flexibility index (Phi) is 4.76. The summed E-state index contributed by atoms with van der Waals surface area (Å²) in [7, 11) is 0. The minimum atomic E-state index is -0.861. The van der Waals surface area contributed by atoms with Crippen LogP contribution in [0.3, 0.4) is 0 Å². The number of amidine groups is 1. The molecule has 0 radical (unpaired) electrons. The summed E-state index contributed by atoms with van der Waals surface area (Å²) in [5.74, 6) is 0.00371. The highest BCUT2D eigenvalue weighted by atomic mass is 16.2. The molecule has 6 heteroatoms. The lowest BCUT2D eigenvalue weighted by molar-refractivity contribution is -0.124. The average Bonchev–Trinajstić information content (AvgIpc) is 2.94. The van der Waals surface area contributed by atoms with Crippen LogP contribution in [0.4, 0.5) is 0 Å². The van der Waals surface area contributed by atoms with E-state index >= 15 is 0 Å². The normalized spacial score (nSPS) is 19.6. The second-order valence-corrected chi connectivity index (χ2v) is 7.05. The number of aromatic nitrogens is 1. The fourth-order valence-corrected chi connectivity index (χ4v) is 2.85. The molecule has 1 aliphatic heterocycles. The summed E-state index contributed by atoms with van der Waals surface area (Å²) in [5.41, 5.74) is 0.726. The largest absolute Gasteiger partial charge is 0.352 e. The van der Waals surface area contributed by atoms with E-state index in [2.05, 4.69) is 20.6 Å². The molecule has 2 amide bonds. The van der Waals surface area contributed by atoms with Crippen molar-refractivity contribution in [1.82, 2.24) is 15.6 Å². The minimum absolute atomic E-state index is 0.0258. The Balaban J connectivity index is 2.15. The van der Waals surface area contributed by atoms with Gasteiger partial charge in [0.1, 0.15) is 11.2 Å². The number of rotatable bonds is 5. The molecule has 3 rings (SSSR count). The summed E-state index contributed by atoms with van der Waals surface area (Å²) in [4.78, 5) is 34.4. The van der Waals surface area contributed by atoms with Crippen LogP contribution in [0.25, 0.3) is 10.9 Å². The maximum atomic E-state index is 12.7. The van der Waals surface area contributed by atoms with Gasteiger partial charge in [0, 0.05) is 11.9 Å². The van der Waals surface area contributed by atoms with E-state index in [9.17, 15) is 9.59 Å². The molecule has 136 valence electrons. The van der Waals surface area contributed by atoms with Crippen LogP contribution in [0.5, 0.6) is 0 Å². The molecule has 2 heterocycles. The number of carbonyl (C=O) groups is 2. The number of amides is 2. The second-order valence-electron chi connectivity index (χ2n) is 7.05. The van der Waals surface area contributed by atoms with Crippen molar-refractivity contribution in [1.29, 1.82) is 0 Å². The van der Waals surface area contributed by atoms with Crippen LogP contribution in [0.15, 0.2) is 35.3 Å². The zero-order valence-electron chi connectivity index (χ0n) is 15.6. The number of carbonyl (C=O) groups excluding carboxylic acids is 2. The van der Waals surface area contributed by atoms with Gasteiger partial charge in [-0.2, -0.15) is 0 Å². The van der Waals surface area contributed by atoms with Crippen LogP contribution in [0.2, 0.25) is 0 Å². The zero-order chi connectivity index (χ0) is 18.9. The molecule has 0 fully saturated rings. The van der Waals surface area contributed by atoms with Gasteiger partial charge in [0.05, 0.1) is 11.1 Å². The van der Waals surface area contributed by atoms with Crippen molar-refractivity contribution in [2.24, 2.45) is 10.9 Å². The monoisotopic (exact) mass is 352 g/mol. The van der Waals surface area contributed by atoms with E-state index < -0.39 is 5.54 Å². The molecule has 26 heavy (non-hydrogen) atoms. The Morgan fingerprint density at radius 1 is 1.31 bits per heavy atom. The first-order valence-electron chi connectivity index (χ1n) is 8.96. The predicted octanol–water partition coefficient (Wildman–Crippen LogP) is 2.67. The number of benzene rings is 1. The SMILES string of the molecule is CCCNC(=O)c1cc2ccccc2nc1C1=N[C@](C)(C(C)C)C(=O)N1. The topological polar surface area (TPSA) is 83.5 Å². The highest BCUT2D eigenvalue weighted by Gasteiger charge is 2.43. The molecule has 0 bridgehead atoms. The third-order valence-corrected chi connectivity index (χ3v) is 4.89. The van der Waals surface area contributed by atoms with Gasteiger partial charge in [0.25, 0.3) is 11.8 Å². The number of nitrogens with one attached hydrogen (secondary N) is 2. The molecule has 6 nitrogen and oxygen atoms in total. The molecule has 0 saturated carbocycles. The third kappa shape index (κ3) is 3.07. The highest BCUT2D eigenvalue weighted by Crippen LogP contribution is 2.28. The van der Waals surface area contributed by atoms with Gasteiger partial charge in [-0.3, -0.25) is 9.59 Å². The molecule has 0 aliphatic carbocycles. The van der Waals surface area contributed by atoms with E-state index in [1.165, 1.54) is 0 Å². The van der Waals surface area contributed by atoms with Crippen molar-refractivity contribution in [3.63, 3.8) is 0 Å². The smallest absolute Gasteiger partial charge is 0.253 e. The van der Waals surface area contributed by atoms with Crippen molar-refractivity contribution in [2.75, 3.05) is 6.54 Å². The summed E-state index contributed by atoms with van der Waals surface area (Å²) in [6.07, 6.45) is 0.838. The fraction of sp³-hybridized carbons (Fsp3) is 0.400. The van der Waals surface area contributed by atoms with Crippen molar-refractivity contribution >= 4 is 28.6 Å². The standard InChI is InChI=1S/C20H24N4O2/c1-5-10-21-18(25)14-11-13-8-6-7-9-15(13)22-16(14)17-23-19(26)20(4,24-17)12(2)3/h6-9,11-12H,5,10H2,1-4H3,(H,21,25)(H,23,24,26)/t20-/m1/s1. The van der Waals surface area contributed by atoms with Crippen LogP contribution in [-0.2, 0) is 4.79 Å². The number of fused-ring (bicyclic) bond motifs is 1. The van der Waals surface area contributed by atoms with Crippen molar-refractivity contribution in [3.05, 3.63) is 41.6 Å². The number of hydrogen-bond acceptors (Lipinski definition) is 4. The van der Waals surface area contributed by atoms with Gasteiger partial charge in [-0.15, -0.1) is 0 Å². The number of pyridine rings is 1. The zero-order valence-corrected chi connectivity index (χ0v) is 15.6. The maximum absolute atomic E-state index is 12.7. The molecule has 2 aromatic rings. The van der Waals surface area contributed by atoms with Gasteiger partial charge in [-0.05, 0) is 31.4 Å². The Hall–Kier alpha value is -2.76. The van der Waals surface area contributed by atoms with E-state index in [-0.39, 0.29) is 17.7 Å². The molecule has 0 saturated heterocycles. The Morgan fingerprint density at radius 3 is 2.69 bits per heavy atom. The predicted molar refractivity (Wildman–Crippen MR) is 102 cm³/mol. The van der Waals surface area contributed by atoms with Gasteiger partial charge in [0.15, 0.2) is 5.84 Å². The van der Waals surface area contributed by atoms with Gasteiger partial charge in [0.2, 0.25) is 0 Å². The van der Waals surface area contributed by atoms with Gasteiger partial charge < -0.3 is 10.6 Å². The van der Waals surface area contributed by atoms with Gasteiger partial charge in [-0.25, -0.2) is 9.98 Å². The minimum Gasteiger partial charge on any atom is -0.352 e. The van der Waals surface area contributed by atoms with Crippen molar-refractivity contribution < 1.29 is 9.59 Å². The van der Waals surface area contributed by atoms with Gasteiger partial charge in [-0.1, -0.05) is 39.0 Å². The fourth-order valence-electron chi connectivity index (χ4n) is 2.85. The van der Waals surface area contributed by atoms with Crippen LogP contribution < -0.4 is 10.6 Å². The summed E-state index contributed by atoms with van der Waals surface area (Å²) in [5, 5.41) is 6.58. The Morgan fingerprint density at radius 2 is 2.04 bits per heavy atom. The van der Waals surface area contributed by atoms with Crippen molar-refractivity contribution in [3.8, 4) is 0 Å². The third-order valence-electron chi connectivity index (χ3n) is 4.89. The Bertz CT molecular complexity index is 904. The molecule has 0 unspecified atom stereocenters. The maximum Gasteiger partial charge on any atom is 0.253 e. The first-order chi connectivity index (χ1) is 12.4. The van der Waals surface area contributed by atoms with Crippen LogP contribution in [-0.4, -0.2) is 34.7 Å². The molecule has 1 aliphatic rings. The van der Waals surface area contributed by atoms with E-state index in [0.717, 1.165) is 17.3 Å². The summed E-state index contributed by atoms with van der Waals surface area (Å²) in [6.45, 7) is 8.28. The highest BCUT2D eigenvalue weighted by molar-refractivity contribution is 6.18. The van der Waals surface area contributed by atoms with Crippen LogP contribution >= 0.6 is 0 Å². The molecular weight excluding hydrogens is 328 g/mol. The summed E-state index contributed by atoms with van der Waals surface area (Å²) in [6, 6.07) is 9.40. The number of aliphatic imine (C=N–C) groups is 1. The molecule has 2 N–H and O–H groups in total. The molecule has 1 atom stereocenters. The van der Waals surface area contributed by atoms with E-state index in [1.54, 1.807) is 6.92 Å². The first-order valence-corrected chi connectivity index (χ1v) is 8.96.